The molecule has 0 bridgehead atoms. The third-order valence-corrected chi connectivity index (χ3v) is 2.05. The minimum atomic E-state index is 0.199. The number of rotatable bonds is 2. The van der Waals surface area contributed by atoms with Crippen molar-refractivity contribution in [3.8, 4) is 5.75 Å². The molecule has 0 spiro atoms. The Kier molecular flexibility index (Phi) is 2.79. The Balaban J connectivity index is 2.23. The second-order valence-corrected chi connectivity index (χ2v) is 3.15. The van der Waals surface area contributed by atoms with E-state index in [1.54, 1.807) is 24.4 Å². The van der Waals surface area contributed by atoms with Crippen molar-refractivity contribution in [1.29, 1.82) is 0 Å². The van der Waals surface area contributed by atoms with Gasteiger partial charge in [0.15, 0.2) is 0 Å². The van der Waals surface area contributed by atoms with Gasteiger partial charge in [-0.25, -0.2) is 0 Å². The molecule has 2 heteroatoms. The Labute approximate surface area is 88.5 Å². The van der Waals surface area contributed by atoms with Gasteiger partial charge in [0.1, 0.15) is 11.4 Å². The van der Waals surface area contributed by atoms with Crippen LogP contribution in [0.2, 0.25) is 0 Å². The Hall–Kier alpha value is -2.09. The first-order valence-electron chi connectivity index (χ1n) is 4.73. The van der Waals surface area contributed by atoms with E-state index in [2.05, 4.69) is 4.98 Å². The number of pyridine rings is 1. The van der Waals surface area contributed by atoms with Crippen LogP contribution in [0.1, 0.15) is 11.3 Å². The number of hydrogen-bond acceptors (Lipinski definition) is 2. The van der Waals surface area contributed by atoms with E-state index in [1.165, 1.54) is 0 Å². The first-order valence-corrected chi connectivity index (χ1v) is 4.73. The summed E-state index contributed by atoms with van der Waals surface area (Å²) >= 11 is 0. The summed E-state index contributed by atoms with van der Waals surface area (Å²) < 4.78 is 0. The fraction of sp³-hybridized carbons (Fsp3) is 0. The molecule has 1 N–H and O–H groups in total. The van der Waals surface area contributed by atoms with Crippen LogP contribution < -0.4 is 0 Å². The minimum Gasteiger partial charge on any atom is -0.506 e. The molecule has 0 unspecified atom stereocenters. The molecule has 1 heterocycles. The lowest BCUT2D eigenvalue weighted by Crippen LogP contribution is -1.79. The molecule has 0 saturated carbocycles. The van der Waals surface area contributed by atoms with Crippen LogP contribution in [0.15, 0.2) is 48.7 Å². The third-order valence-electron chi connectivity index (χ3n) is 2.05. The predicted molar refractivity (Wildman–Crippen MR) is 61.3 cm³/mol. The van der Waals surface area contributed by atoms with Crippen LogP contribution in [0.5, 0.6) is 5.75 Å². The Morgan fingerprint density at radius 2 is 1.73 bits per heavy atom. The van der Waals surface area contributed by atoms with Crippen molar-refractivity contribution in [2.75, 3.05) is 0 Å². The van der Waals surface area contributed by atoms with Crippen molar-refractivity contribution < 1.29 is 5.11 Å². The zero-order valence-electron chi connectivity index (χ0n) is 8.17. The summed E-state index contributed by atoms with van der Waals surface area (Å²) in [6.07, 6.45) is 5.37. The van der Waals surface area contributed by atoms with Crippen molar-refractivity contribution in [2.24, 2.45) is 0 Å². The summed E-state index contributed by atoms with van der Waals surface area (Å²) in [5.41, 5.74) is 1.67. The van der Waals surface area contributed by atoms with Gasteiger partial charge in [0, 0.05) is 6.20 Å². The Bertz CT molecular complexity index is 463. The number of benzene rings is 1. The van der Waals surface area contributed by atoms with E-state index in [9.17, 15) is 5.11 Å². The number of aromatic nitrogens is 1. The first kappa shape index (κ1) is 9.46. The Morgan fingerprint density at radius 1 is 0.933 bits per heavy atom. The zero-order valence-corrected chi connectivity index (χ0v) is 8.17. The van der Waals surface area contributed by atoms with E-state index in [0.29, 0.717) is 5.69 Å². The molecule has 1 aromatic carbocycles. The number of hydrogen-bond donors (Lipinski definition) is 1. The fourth-order valence-corrected chi connectivity index (χ4v) is 1.28. The van der Waals surface area contributed by atoms with Crippen molar-refractivity contribution in [2.45, 2.75) is 0 Å². The van der Waals surface area contributed by atoms with Gasteiger partial charge >= 0.3 is 0 Å². The van der Waals surface area contributed by atoms with E-state index in [-0.39, 0.29) is 5.75 Å². The molecule has 2 nitrogen and oxygen atoms in total. The molecule has 0 radical (unpaired) electrons. The second kappa shape index (κ2) is 4.42. The van der Waals surface area contributed by atoms with Gasteiger partial charge in [-0.1, -0.05) is 36.4 Å². The highest BCUT2D eigenvalue weighted by molar-refractivity contribution is 5.70. The summed E-state index contributed by atoms with van der Waals surface area (Å²) in [5.74, 6) is 0.199. The maximum Gasteiger partial charge on any atom is 0.141 e. The van der Waals surface area contributed by atoms with Crippen LogP contribution in [0.25, 0.3) is 12.2 Å². The Morgan fingerprint density at radius 3 is 2.47 bits per heavy atom. The molecule has 2 aromatic rings. The van der Waals surface area contributed by atoms with Crippen LogP contribution in [-0.2, 0) is 0 Å². The van der Waals surface area contributed by atoms with Crippen LogP contribution >= 0.6 is 0 Å². The molecule has 2 rings (SSSR count). The maximum absolute atomic E-state index is 9.47. The van der Waals surface area contributed by atoms with Gasteiger partial charge in [0.2, 0.25) is 0 Å². The third kappa shape index (κ3) is 2.44. The summed E-state index contributed by atoms with van der Waals surface area (Å²) in [7, 11) is 0. The molecule has 0 fully saturated rings. The maximum atomic E-state index is 9.47. The van der Waals surface area contributed by atoms with Gasteiger partial charge < -0.3 is 5.11 Å². The highest BCUT2D eigenvalue weighted by Gasteiger charge is 1.94. The molecular weight excluding hydrogens is 186 g/mol. The molecule has 0 aliphatic carbocycles. The van der Waals surface area contributed by atoms with Crippen LogP contribution in [0.4, 0.5) is 0 Å². The van der Waals surface area contributed by atoms with Gasteiger partial charge in [-0.15, -0.1) is 0 Å². The van der Waals surface area contributed by atoms with Gasteiger partial charge in [-0.3, -0.25) is 4.98 Å². The van der Waals surface area contributed by atoms with Crippen LogP contribution in [-0.4, -0.2) is 10.1 Å². The molecule has 0 aliphatic rings. The van der Waals surface area contributed by atoms with E-state index < -0.39 is 0 Å². The van der Waals surface area contributed by atoms with Crippen molar-refractivity contribution >= 4 is 12.2 Å². The molecule has 0 atom stereocenters. The normalized spacial score (nSPS) is 10.7. The van der Waals surface area contributed by atoms with Gasteiger partial charge in [0.25, 0.3) is 0 Å². The van der Waals surface area contributed by atoms with Crippen LogP contribution in [0, 0.1) is 0 Å². The standard InChI is InChI=1S/C13H11NO/c15-13-7-4-10-14-12(13)9-8-11-5-2-1-3-6-11/h1-10,15H/b9-8+. The molecule has 0 amide bonds. The van der Waals surface area contributed by atoms with Crippen molar-refractivity contribution in [3.05, 3.63) is 59.9 Å². The van der Waals surface area contributed by atoms with Gasteiger partial charge in [-0.2, -0.15) is 0 Å². The molecule has 15 heavy (non-hydrogen) atoms. The molecule has 1 aromatic heterocycles. The quantitative estimate of drug-likeness (QED) is 0.802. The highest BCUT2D eigenvalue weighted by Crippen LogP contribution is 2.15. The topological polar surface area (TPSA) is 33.1 Å². The molecule has 0 aliphatic heterocycles. The van der Waals surface area contributed by atoms with Gasteiger partial charge in [0.05, 0.1) is 0 Å². The van der Waals surface area contributed by atoms with E-state index in [4.69, 9.17) is 0 Å². The lowest BCUT2D eigenvalue weighted by molar-refractivity contribution is 0.471. The lowest BCUT2D eigenvalue weighted by Gasteiger charge is -1.96. The SMILES string of the molecule is Oc1cccnc1/C=C/c1ccccc1. The minimum absolute atomic E-state index is 0.199. The molecule has 0 saturated heterocycles. The summed E-state index contributed by atoms with van der Waals surface area (Å²) in [6.45, 7) is 0. The van der Waals surface area contributed by atoms with Crippen LogP contribution in [0.3, 0.4) is 0 Å². The lowest BCUT2D eigenvalue weighted by atomic mass is 10.2. The molecule has 74 valence electrons. The number of aromatic hydroxyl groups is 1. The largest absolute Gasteiger partial charge is 0.506 e. The molecular formula is C13H11NO. The fourth-order valence-electron chi connectivity index (χ4n) is 1.28. The smallest absolute Gasteiger partial charge is 0.141 e. The predicted octanol–water partition coefficient (Wildman–Crippen LogP) is 2.96. The first-order chi connectivity index (χ1) is 7.36. The van der Waals surface area contributed by atoms with Crippen molar-refractivity contribution in [3.63, 3.8) is 0 Å². The summed E-state index contributed by atoms with van der Waals surface area (Å²) in [5, 5.41) is 9.47. The highest BCUT2D eigenvalue weighted by atomic mass is 16.3. The average Bonchev–Trinajstić information content (AvgIpc) is 2.29. The average molecular weight is 197 g/mol. The van der Waals surface area contributed by atoms with Gasteiger partial charge in [-0.05, 0) is 23.8 Å². The summed E-state index contributed by atoms with van der Waals surface area (Å²) in [6, 6.07) is 13.2. The monoisotopic (exact) mass is 197 g/mol. The summed E-state index contributed by atoms with van der Waals surface area (Å²) in [4.78, 5) is 4.06. The zero-order chi connectivity index (χ0) is 10.5. The van der Waals surface area contributed by atoms with E-state index in [1.807, 2.05) is 36.4 Å². The van der Waals surface area contributed by atoms with Crippen molar-refractivity contribution in [1.82, 2.24) is 4.98 Å². The number of nitrogens with zero attached hydrogens (tertiary/aromatic N) is 1. The second-order valence-electron chi connectivity index (χ2n) is 3.15. The van der Waals surface area contributed by atoms with E-state index in [0.717, 1.165) is 5.56 Å². The van der Waals surface area contributed by atoms with E-state index >= 15 is 0 Å².